The smallest absolute Gasteiger partial charge is 0.387 e. The van der Waals surface area contributed by atoms with E-state index in [2.05, 4.69) is 19.0 Å². The number of nitrogens with zero attached hydrogens (tertiary/aromatic N) is 3. The molecule has 1 saturated heterocycles. The molecule has 0 spiro atoms. The van der Waals surface area contributed by atoms with E-state index in [0.29, 0.717) is 16.6 Å². The molecule has 3 heterocycles. The van der Waals surface area contributed by atoms with Gasteiger partial charge in [0.25, 0.3) is 5.56 Å². The second-order valence-electron chi connectivity index (χ2n) is 7.53. The Morgan fingerprint density at radius 2 is 1.80 bits per heavy atom. The van der Waals surface area contributed by atoms with Gasteiger partial charge in [-0.25, -0.2) is 13.9 Å². The van der Waals surface area contributed by atoms with E-state index in [0.717, 1.165) is 21.4 Å². The van der Waals surface area contributed by atoms with Gasteiger partial charge in [0, 0.05) is 17.6 Å². The van der Waals surface area contributed by atoms with Crippen molar-refractivity contribution in [3.63, 3.8) is 0 Å². The van der Waals surface area contributed by atoms with Gasteiger partial charge in [0.2, 0.25) is 0 Å². The van der Waals surface area contributed by atoms with Crippen LogP contribution in [0, 0.1) is 0 Å². The van der Waals surface area contributed by atoms with E-state index >= 15 is 0 Å². The lowest BCUT2D eigenvalue weighted by atomic mass is 10.1. The van der Waals surface area contributed by atoms with E-state index in [-0.39, 0.29) is 6.54 Å². The van der Waals surface area contributed by atoms with Gasteiger partial charge in [-0.1, -0.05) is 18.2 Å². The Hall–Kier alpha value is -2.49. The number of hydrogen-bond donors (Lipinski definition) is 6. The number of aromatic amines is 1. The molecule has 18 heteroatoms. The van der Waals surface area contributed by atoms with Crippen LogP contribution in [-0.4, -0.2) is 69.1 Å². The number of para-hydroxylation sites is 1. The van der Waals surface area contributed by atoms with Crippen molar-refractivity contribution in [3.05, 3.63) is 63.1 Å². The van der Waals surface area contributed by atoms with E-state index < -0.39 is 58.0 Å². The number of H-pyrrole nitrogens is 1. The highest BCUT2D eigenvalue weighted by molar-refractivity contribution is 7.60. The molecule has 1 aromatic carbocycles. The highest BCUT2D eigenvalue weighted by Crippen LogP contribution is 2.57. The van der Waals surface area contributed by atoms with Gasteiger partial charge >= 0.3 is 21.3 Å². The first kappa shape index (κ1) is 25.6. The molecule has 0 amide bonds. The van der Waals surface area contributed by atoms with E-state index in [9.17, 15) is 33.8 Å². The fourth-order valence-corrected chi connectivity index (χ4v) is 5.18. The normalized spacial score (nSPS) is 24.6. The maximum absolute atomic E-state index is 13.1. The maximum atomic E-state index is 13.1. The minimum atomic E-state index is -5.37. The first-order chi connectivity index (χ1) is 16.4. The second-order valence-corrected chi connectivity index (χ2v) is 10.4. The summed E-state index contributed by atoms with van der Waals surface area (Å²) in [7, 11) is -10.6. The van der Waals surface area contributed by atoms with E-state index in [1.807, 2.05) is 0 Å². The summed E-state index contributed by atoms with van der Waals surface area (Å²) in [6, 6.07) is 8.10. The highest BCUT2D eigenvalue weighted by Gasteiger charge is 2.46. The number of fused-ring (bicyclic) bond motifs is 1. The van der Waals surface area contributed by atoms with Gasteiger partial charge in [0.05, 0.1) is 24.4 Å². The standard InChI is InChI=1S/C17H20N4O12P2/c22-13-5-6-20(17(25)21(13)7-11-9-3-1-2-4-10(9)18-19-11)16-15(24)14(23)12(32-16)8-31-35(29,30)33-34(26,27)28/h1-6,12,14-16,23-24H,7-8H2,(H,18,19)(H,29,30)(H2,26,27,28)/t12-,14+,15?,16-/m1/s1. The first-order valence-electron chi connectivity index (χ1n) is 9.86. The van der Waals surface area contributed by atoms with Crippen LogP contribution in [0.2, 0.25) is 0 Å². The quantitative estimate of drug-likeness (QED) is 0.186. The molecule has 1 fully saturated rings. The molecule has 3 aromatic rings. The minimum absolute atomic E-state index is 0.214. The van der Waals surface area contributed by atoms with Crippen LogP contribution in [0.1, 0.15) is 11.9 Å². The Bertz CT molecular complexity index is 1440. The summed E-state index contributed by atoms with van der Waals surface area (Å²) in [4.78, 5) is 52.1. The van der Waals surface area contributed by atoms with Crippen molar-refractivity contribution in [3.8, 4) is 0 Å². The molecule has 190 valence electrons. The van der Waals surface area contributed by atoms with Gasteiger partial charge in [0.1, 0.15) is 18.3 Å². The topological polar surface area (TPSA) is 236 Å². The molecule has 35 heavy (non-hydrogen) atoms. The van der Waals surface area contributed by atoms with Crippen LogP contribution in [0.5, 0.6) is 0 Å². The summed E-state index contributed by atoms with van der Waals surface area (Å²) in [5.74, 6) is 0. The molecule has 16 nitrogen and oxygen atoms in total. The van der Waals surface area contributed by atoms with Gasteiger partial charge in [0.15, 0.2) is 6.23 Å². The van der Waals surface area contributed by atoms with Crippen LogP contribution < -0.4 is 11.2 Å². The van der Waals surface area contributed by atoms with Crippen molar-refractivity contribution < 1.29 is 47.6 Å². The predicted molar refractivity (Wildman–Crippen MR) is 115 cm³/mol. The van der Waals surface area contributed by atoms with Crippen LogP contribution in [0.15, 0.2) is 46.1 Å². The van der Waals surface area contributed by atoms with Crippen LogP contribution >= 0.6 is 15.6 Å². The number of phosphoric ester groups is 1. The van der Waals surface area contributed by atoms with Gasteiger partial charge < -0.3 is 29.6 Å². The lowest BCUT2D eigenvalue weighted by molar-refractivity contribution is -0.0547. The number of rotatable bonds is 8. The summed E-state index contributed by atoms with van der Waals surface area (Å²) in [5.41, 5.74) is -0.473. The van der Waals surface area contributed by atoms with E-state index in [1.54, 1.807) is 24.3 Å². The van der Waals surface area contributed by atoms with Gasteiger partial charge in [-0.05, 0) is 6.07 Å². The Morgan fingerprint density at radius 3 is 2.51 bits per heavy atom. The molecular formula is C17H20N4O12P2. The first-order valence-corrected chi connectivity index (χ1v) is 12.9. The third-order valence-electron chi connectivity index (χ3n) is 5.18. The summed E-state index contributed by atoms with van der Waals surface area (Å²) < 4.78 is 37.5. The molecule has 1 aliphatic heterocycles. The fourth-order valence-electron chi connectivity index (χ4n) is 3.58. The molecule has 6 N–H and O–H groups in total. The van der Waals surface area contributed by atoms with Crippen molar-refractivity contribution in [2.24, 2.45) is 0 Å². The molecule has 0 saturated carbocycles. The molecular weight excluding hydrogens is 514 g/mol. The Labute approximate surface area is 194 Å². The zero-order valence-corrected chi connectivity index (χ0v) is 19.3. The lowest BCUT2D eigenvalue weighted by Gasteiger charge is -2.19. The molecule has 4 rings (SSSR count). The molecule has 0 radical (unpaired) electrons. The zero-order chi connectivity index (χ0) is 25.5. The monoisotopic (exact) mass is 534 g/mol. The largest absolute Gasteiger partial charge is 0.481 e. The number of phosphoric acid groups is 2. The number of ether oxygens (including phenoxy) is 1. The fraction of sp³-hybridized carbons (Fsp3) is 0.353. The molecule has 0 aliphatic carbocycles. The van der Waals surface area contributed by atoms with Crippen LogP contribution in [0.3, 0.4) is 0 Å². The van der Waals surface area contributed by atoms with Crippen LogP contribution in [-0.2, 0) is 29.2 Å². The van der Waals surface area contributed by atoms with Crippen LogP contribution in [0.4, 0.5) is 0 Å². The van der Waals surface area contributed by atoms with Gasteiger partial charge in [-0.2, -0.15) is 9.41 Å². The van der Waals surface area contributed by atoms with Crippen molar-refractivity contribution in [2.75, 3.05) is 6.61 Å². The van der Waals surface area contributed by atoms with Crippen molar-refractivity contribution in [1.82, 2.24) is 19.3 Å². The number of aliphatic hydroxyl groups is 2. The highest BCUT2D eigenvalue weighted by atomic mass is 31.3. The third-order valence-corrected chi connectivity index (χ3v) is 7.33. The van der Waals surface area contributed by atoms with Crippen molar-refractivity contribution >= 4 is 26.5 Å². The third kappa shape index (κ3) is 5.52. The van der Waals surface area contributed by atoms with Crippen LogP contribution in [0.25, 0.3) is 10.9 Å². The number of aliphatic hydroxyl groups excluding tert-OH is 2. The molecule has 1 aliphatic rings. The van der Waals surface area contributed by atoms with Gasteiger partial charge in [-0.3, -0.25) is 23.6 Å². The second kappa shape index (κ2) is 9.52. The Morgan fingerprint density at radius 1 is 1.09 bits per heavy atom. The summed E-state index contributed by atoms with van der Waals surface area (Å²) in [5, 5.41) is 28.2. The SMILES string of the molecule is O=c1ccn([C@@H]2O[C@H](COP(=O)(O)OP(=O)(O)O)[C@H](O)C2O)c(=O)n1Cc1n[nH]c2ccccc12. The molecule has 2 aromatic heterocycles. The number of aromatic nitrogens is 4. The average Bonchev–Trinajstić information content (AvgIpc) is 3.30. The number of nitrogens with one attached hydrogen (secondary N) is 1. The van der Waals surface area contributed by atoms with Gasteiger partial charge in [-0.15, -0.1) is 0 Å². The number of hydrogen-bond acceptors (Lipinski definition) is 10. The average molecular weight is 534 g/mol. The molecule has 0 bridgehead atoms. The molecule has 5 atom stereocenters. The van der Waals surface area contributed by atoms with E-state index in [4.69, 9.17) is 14.5 Å². The Kier molecular flexibility index (Phi) is 6.96. The number of benzene rings is 1. The summed E-state index contributed by atoms with van der Waals surface area (Å²) in [6.07, 6.45) is -5.47. The summed E-state index contributed by atoms with van der Waals surface area (Å²) >= 11 is 0. The predicted octanol–water partition coefficient (Wildman–Crippen LogP) is -1.22. The lowest BCUT2D eigenvalue weighted by Crippen LogP contribution is -2.43. The minimum Gasteiger partial charge on any atom is -0.387 e. The Balaban J connectivity index is 1.56. The van der Waals surface area contributed by atoms with Crippen molar-refractivity contribution in [1.29, 1.82) is 0 Å². The zero-order valence-electron chi connectivity index (χ0n) is 17.5. The maximum Gasteiger partial charge on any atom is 0.481 e. The van der Waals surface area contributed by atoms with Crippen molar-refractivity contribution in [2.45, 2.75) is 31.1 Å². The summed E-state index contributed by atoms with van der Waals surface area (Å²) in [6.45, 7) is -1.15. The van der Waals surface area contributed by atoms with E-state index in [1.165, 1.54) is 0 Å². The molecule has 2 unspecified atom stereocenters.